The van der Waals surface area contributed by atoms with Crippen molar-refractivity contribution >= 4 is 23.6 Å². The van der Waals surface area contributed by atoms with E-state index in [2.05, 4.69) is 26.3 Å². The Morgan fingerprint density at radius 1 is 1.06 bits per heavy atom. The molecular formula is C24H38N6O3. The topological polar surface area (TPSA) is 90.9 Å². The highest BCUT2D eigenvalue weighted by Crippen LogP contribution is 2.28. The fourth-order valence-electron chi connectivity index (χ4n) is 4.50. The molecule has 3 heterocycles. The Bertz CT molecular complexity index is 830. The monoisotopic (exact) mass is 458 g/mol. The number of hydrogen-bond acceptors (Lipinski definition) is 7. The van der Waals surface area contributed by atoms with Crippen LogP contribution in [-0.4, -0.2) is 82.7 Å². The maximum Gasteiger partial charge on any atom is 0.410 e. The predicted octanol–water partition coefficient (Wildman–Crippen LogP) is 3.13. The van der Waals surface area contributed by atoms with E-state index in [0.717, 1.165) is 44.0 Å². The highest BCUT2D eigenvalue weighted by Gasteiger charge is 2.29. The molecule has 1 N–H and O–H groups in total. The SMILES string of the molecule is CC(C)(C)OC(=O)N1CCN(C(=O)CCC2CCCN(c3cc(NC4CC4)ncn3)C2)CC1. The van der Waals surface area contributed by atoms with Crippen LogP contribution >= 0.6 is 0 Å². The van der Waals surface area contributed by atoms with Gasteiger partial charge in [-0.3, -0.25) is 4.79 Å². The lowest BCUT2D eigenvalue weighted by molar-refractivity contribution is -0.133. The fourth-order valence-corrected chi connectivity index (χ4v) is 4.50. The lowest BCUT2D eigenvalue weighted by Gasteiger charge is -2.36. The van der Waals surface area contributed by atoms with E-state index in [1.165, 1.54) is 12.8 Å². The summed E-state index contributed by atoms with van der Waals surface area (Å²) in [4.78, 5) is 39.8. The fraction of sp³-hybridized carbons (Fsp3) is 0.750. The number of amides is 2. The smallest absolute Gasteiger partial charge is 0.410 e. The third kappa shape index (κ3) is 6.95. The number of hydrogen-bond donors (Lipinski definition) is 1. The average Bonchev–Trinajstić information content (AvgIpc) is 3.61. The van der Waals surface area contributed by atoms with Crippen LogP contribution in [0.5, 0.6) is 0 Å². The van der Waals surface area contributed by atoms with Gasteiger partial charge < -0.3 is 24.8 Å². The van der Waals surface area contributed by atoms with Gasteiger partial charge in [-0.05, 0) is 58.8 Å². The van der Waals surface area contributed by atoms with Crippen molar-refractivity contribution < 1.29 is 14.3 Å². The third-order valence-corrected chi connectivity index (χ3v) is 6.48. The zero-order valence-electron chi connectivity index (χ0n) is 20.3. The number of rotatable bonds is 6. The normalized spacial score (nSPS) is 21.7. The van der Waals surface area contributed by atoms with E-state index >= 15 is 0 Å². The Morgan fingerprint density at radius 2 is 1.79 bits per heavy atom. The van der Waals surface area contributed by atoms with E-state index in [0.29, 0.717) is 44.6 Å². The van der Waals surface area contributed by atoms with Gasteiger partial charge in [0.1, 0.15) is 23.6 Å². The Morgan fingerprint density at radius 3 is 2.48 bits per heavy atom. The first-order valence-electron chi connectivity index (χ1n) is 12.4. The van der Waals surface area contributed by atoms with Gasteiger partial charge in [0.2, 0.25) is 5.91 Å². The number of piperazine rings is 1. The maximum absolute atomic E-state index is 12.8. The molecular weight excluding hydrogens is 420 g/mol. The zero-order chi connectivity index (χ0) is 23.4. The molecule has 9 heteroatoms. The molecule has 1 saturated carbocycles. The molecule has 0 aromatic carbocycles. The molecule has 1 atom stereocenters. The van der Waals surface area contributed by atoms with E-state index < -0.39 is 5.60 Å². The summed E-state index contributed by atoms with van der Waals surface area (Å²) in [6, 6.07) is 2.62. The van der Waals surface area contributed by atoms with E-state index in [4.69, 9.17) is 4.74 Å². The van der Waals surface area contributed by atoms with Crippen molar-refractivity contribution in [1.29, 1.82) is 0 Å². The van der Waals surface area contributed by atoms with Gasteiger partial charge in [-0.1, -0.05) is 0 Å². The first kappa shape index (κ1) is 23.6. The minimum absolute atomic E-state index is 0.189. The Labute approximate surface area is 196 Å². The van der Waals surface area contributed by atoms with E-state index in [1.54, 1.807) is 11.2 Å². The molecule has 0 radical (unpaired) electrons. The molecule has 4 rings (SSSR count). The Balaban J connectivity index is 1.21. The van der Waals surface area contributed by atoms with Crippen molar-refractivity contribution in [3.8, 4) is 0 Å². The molecule has 0 spiro atoms. The first-order valence-corrected chi connectivity index (χ1v) is 12.4. The van der Waals surface area contributed by atoms with Gasteiger partial charge in [0.15, 0.2) is 0 Å². The van der Waals surface area contributed by atoms with Crippen LogP contribution in [-0.2, 0) is 9.53 Å². The molecule has 2 amide bonds. The Kier molecular flexibility index (Phi) is 7.24. The summed E-state index contributed by atoms with van der Waals surface area (Å²) in [5.41, 5.74) is -0.501. The highest BCUT2D eigenvalue weighted by molar-refractivity contribution is 5.76. The maximum atomic E-state index is 12.8. The summed E-state index contributed by atoms with van der Waals surface area (Å²) in [5, 5.41) is 3.44. The lowest BCUT2D eigenvalue weighted by atomic mass is 9.93. The molecule has 2 saturated heterocycles. The molecule has 3 aliphatic rings. The highest BCUT2D eigenvalue weighted by atomic mass is 16.6. The molecule has 182 valence electrons. The van der Waals surface area contributed by atoms with Gasteiger partial charge in [0.25, 0.3) is 0 Å². The van der Waals surface area contributed by atoms with Crippen LogP contribution in [0.25, 0.3) is 0 Å². The van der Waals surface area contributed by atoms with Crippen LogP contribution in [0.4, 0.5) is 16.4 Å². The second kappa shape index (κ2) is 10.1. The molecule has 2 aliphatic heterocycles. The molecule has 1 aromatic rings. The predicted molar refractivity (Wildman–Crippen MR) is 127 cm³/mol. The summed E-state index contributed by atoms with van der Waals surface area (Å²) in [5.74, 6) is 2.56. The average molecular weight is 459 g/mol. The van der Waals surface area contributed by atoms with Gasteiger partial charge in [0, 0.05) is 57.8 Å². The summed E-state index contributed by atoms with van der Waals surface area (Å²) in [7, 11) is 0. The standard InChI is InChI=1S/C24H38N6O3/c1-24(2,3)33-23(32)29-13-11-28(12-14-29)22(31)9-6-18-5-4-10-30(16-18)21-15-20(25-17-26-21)27-19-7-8-19/h15,17-19H,4-14,16H2,1-3H3,(H,25,26,27). The second-order valence-corrected chi connectivity index (χ2v) is 10.5. The van der Waals surface area contributed by atoms with Gasteiger partial charge in [-0.25, -0.2) is 14.8 Å². The Hall–Kier alpha value is -2.58. The van der Waals surface area contributed by atoms with Crippen molar-refractivity contribution in [1.82, 2.24) is 19.8 Å². The van der Waals surface area contributed by atoms with Gasteiger partial charge >= 0.3 is 6.09 Å². The van der Waals surface area contributed by atoms with Crippen molar-refractivity contribution in [2.24, 2.45) is 5.92 Å². The molecule has 33 heavy (non-hydrogen) atoms. The number of nitrogens with one attached hydrogen (secondary N) is 1. The van der Waals surface area contributed by atoms with Crippen LogP contribution in [0.2, 0.25) is 0 Å². The van der Waals surface area contributed by atoms with Crippen LogP contribution in [0.1, 0.15) is 59.3 Å². The third-order valence-electron chi connectivity index (χ3n) is 6.48. The van der Waals surface area contributed by atoms with Crippen LogP contribution < -0.4 is 10.2 Å². The van der Waals surface area contributed by atoms with Crippen LogP contribution in [0.3, 0.4) is 0 Å². The van der Waals surface area contributed by atoms with Crippen molar-refractivity contribution in [2.75, 3.05) is 49.5 Å². The summed E-state index contributed by atoms with van der Waals surface area (Å²) < 4.78 is 5.44. The van der Waals surface area contributed by atoms with E-state index in [1.807, 2.05) is 25.7 Å². The minimum atomic E-state index is -0.501. The second-order valence-electron chi connectivity index (χ2n) is 10.5. The zero-order valence-corrected chi connectivity index (χ0v) is 20.3. The number of piperidine rings is 1. The van der Waals surface area contributed by atoms with Crippen LogP contribution in [0.15, 0.2) is 12.4 Å². The van der Waals surface area contributed by atoms with Gasteiger partial charge in [-0.15, -0.1) is 0 Å². The molecule has 9 nitrogen and oxygen atoms in total. The van der Waals surface area contributed by atoms with Crippen molar-refractivity contribution in [2.45, 2.75) is 70.9 Å². The number of aromatic nitrogens is 2. The molecule has 1 aromatic heterocycles. The largest absolute Gasteiger partial charge is 0.444 e. The molecule has 0 bridgehead atoms. The number of carbonyl (C=O) groups excluding carboxylic acids is 2. The molecule has 1 aliphatic carbocycles. The number of nitrogens with zero attached hydrogens (tertiary/aromatic N) is 5. The number of carbonyl (C=O) groups is 2. The summed E-state index contributed by atoms with van der Waals surface area (Å²) >= 11 is 0. The number of ether oxygens (including phenoxy) is 1. The summed E-state index contributed by atoms with van der Waals surface area (Å²) in [6.07, 6.45) is 7.49. The quantitative estimate of drug-likeness (QED) is 0.700. The van der Waals surface area contributed by atoms with E-state index in [-0.39, 0.29) is 12.0 Å². The van der Waals surface area contributed by atoms with Crippen molar-refractivity contribution in [3.05, 3.63) is 12.4 Å². The molecule has 3 fully saturated rings. The van der Waals surface area contributed by atoms with Gasteiger partial charge in [0.05, 0.1) is 0 Å². The first-order chi connectivity index (χ1) is 15.8. The summed E-state index contributed by atoms with van der Waals surface area (Å²) in [6.45, 7) is 9.74. The lowest BCUT2D eigenvalue weighted by Crippen LogP contribution is -2.51. The van der Waals surface area contributed by atoms with Crippen molar-refractivity contribution in [3.63, 3.8) is 0 Å². The van der Waals surface area contributed by atoms with E-state index in [9.17, 15) is 9.59 Å². The number of anilines is 2. The van der Waals surface area contributed by atoms with Gasteiger partial charge in [-0.2, -0.15) is 0 Å². The minimum Gasteiger partial charge on any atom is -0.444 e. The van der Waals surface area contributed by atoms with Crippen LogP contribution in [0, 0.1) is 5.92 Å². The molecule has 1 unspecified atom stereocenters.